The normalized spacial score (nSPS) is 11.0. The van der Waals surface area contributed by atoms with Gasteiger partial charge in [-0.1, -0.05) is 12.1 Å². The van der Waals surface area contributed by atoms with Crippen molar-refractivity contribution < 1.29 is 19.1 Å². The molecule has 1 aromatic carbocycles. The molecule has 0 aliphatic rings. The molecule has 6 heteroatoms. The monoisotopic (exact) mass is 316 g/mol. The number of hydrogen-bond acceptors (Lipinski definition) is 4. The summed E-state index contributed by atoms with van der Waals surface area (Å²) >= 11 is 0. The van der Waals surface area contributed by atoms with Crippen molar-refractivity contribution in [3.8, 4) is 0 Å². The average Bonchev–Trinajstić information content (AvgIpc) is 2.99. The molecule has 2 rings (SSSR count). The summed E-state index contributed by atoms with van der Waals surface area (Å²) in [7, 11) is 2.96. The van der Waals surface area contributed by atoms with Gasteiger partial charge in [0.1, 0.15) is 0 Å². The standard InChI is InChI=1S/C17H20N2O4/c1-22-12-11-19-10-8-13-14(5-3-6-15(13)19)17(21)18-9-4-7-16(20)23-2/h3-8,10H,9,11-12H2,1-2H3,(H,18,21)/b7-4+. The summed E-state index contributed by atoms with van der Waals surface area (Å²) in [5.74, 6) is -0.633. The molecule has 0 bridgehead atoms. The Hall–Kier alpha value is -2.60. The maximum absolute atomic E-state index is 12.3. The molecule has 0 fully saturated rings. The van der Waals surface area contributed by atoms with Crippen LogP contribution in [0.2, 0.25) is 0 Å². The maximum Gasteiger partial charge on any atom is 0.330 e. The van der Waals surface area contributed by atoms with Crippen LogP contribution in [-0.2, 0) is 20.8 Å². The Balaban J connectivity index is 2.10. The lowest BCUT2D eigenvalue weighted by atomic mass is 10.1. The molecular formula is C17H20N2O4. The zero-order valence-corrected chi connectivity index (χ0v) is 13.2. The van der Waals surface area contributed by atoms with Crippen molar-refractivity contribution in [1.82, 2.24) is 9.88 Å². The molecular weight excluding hydrogens is 296 g/mol. The Morgan fingerprint density at radius 1 is 1.26 bits per heavy atom. The van der Waals surface area contributed by atoms with Crippen molar-refractivity contribution >= 4 is 22.8 Å². The van der Waals surface area contributed by atoms with Gasteiger partial charge in [-0.3, -0.25) is 4.79 Å². The van der Waals surface area contributed by atoms with E-state index in [4.69, 9.17) is 4.74 Å². The van der Waals surface area contributed by atoms with Gasteiger partial charge in [-0.05, 0) is 18.2 Å². The minimum Gasteiger partial charge on any atom is -0.466 e. The molecule has 1 aromatic heterocycles. The van der Waals surface area contributed by atoms with Gasteiger partial charge in [0.05, 0.1) is 13.7 Å². The lowest BCUT2D eigenvalue weighted by Gasteiger charge is -2.07. The fraction of sp³-hybridized carbons (Fsp3) is 0.294. The van der Waals surface area contributed by atoms with Crippen LogP contribution in [0.4, 0.5) is 0 Å². The van der Waals surface area contributed by atoms with Crippen molar-refractivity contribution in [2.75, 3.05) is 27.4 Å². The summed E-state index contributed by atoms with van der Waals surface area (Å²) < 4.78 is 11.6. The van der Waals surface area contributed by atoms with E-state index in [1.54, 1.807) is 19.3 Å². The van der Waals surface area contributed by atoms with Gasteiger partial charge in [0.15, 0.2) is 0 Å². The Labute approximate surface area is 134 Å². The summed E-state index contributed by atoms with van der Waals surface area (Å²) in [4.78, 5) is 23.3. The van der Waals surface area contributed by atoms with Gasteiger partial charge in [-0.15, -0.1) is 0 Å². The molecule has 0 aliphatic heterocycles. The van der Waals surface area contributed by atoms with Crippen molar-refractivity contribution in [3.63, 3.8) is 0 Å². The largest absolute Gasteiger partial charge is 0.466 e. The number of benzene rings is 1. The van der Waals surface area contributed by atoms with E-state index in [1.807, 2.05) is 29.0 Å². The van der Waals surface area contributed by atoms with E-state index >= 15 is 0 Å². The second-order valence-corrected chi connectivity index (χ2v) is 4.88. The number of esters is 1. The molecule has 0 unspecified atom stereocenters. The molecule has 1 amide bonds. The van der Waals surface area contributed by atoms with Crippen LogP contribution < -0.4 is 5.32 Å². The topological polar surface area (TPSA) is 69.6 Å². The first kappa shape index (κ1) is 16.8. The van der Waals surface area contributed by atoms with E-state index < -0.39 is 5.97 Å². The van der Waals surface area contributed by atoms with Crippen LogP contribution in [0, 0.1) is 0 Å². The molecule has 1 N–H and O–H groups in total. The number of methoxy groups -OCH3 is 2. The van der Waals surface area contributed by atoms with E-state index in [2.05, 4.69) is 10.1 Å². The fourth-order valence-corrected chi connectivity index (χ4v) is 2.28. The number of aromatic nitrogens is 1. The molecule has 1 heterocycles. The molecule has 2 aromatic rings. The minimum atomic E-state index is -0.448. The lowest BCUT2D eigenvalue weighted by molar-refractivity contribution is -0.134. The number of amides is 1. The molecule has 0 atom stereocenters. The van der Waals surface area contributed by atoms with Crippen molar-refractivity contribution in [1.29, 1.82) is 0 Å². The van der Waals surface area contributed by atoms with Crippen LogP contribution in [0.1, 0.15) is 10.4 Å². The smallest absolute Gasteiger partial charge is 0.330 e. The predicted molar refractivity (Wildman–Crippen MR) is 87.3 cm³/mol. The van der Waals surface area contributed by atoms with Crippen LogP contribution in [0.25, 0.3) is 10.9 Å². The number of fused-ring (bicyclic) bond motifs is 1. The third kappa shape index (κ3) is 4.20. The molecule has 0 spiro atoms. The van der Waals surface area contributed by atoms with E-state index in [1.165, 1.54) is 13.2 Å². The van der Waals surface area contributed by atoms with Crippen LogP contribution in [0.5, 0.6) is 0 Å². The first-order valence-electron chi connectivity index (χ1n) is 7.27. The Morgan fingerprint density at radius 3 is 2.83 bits per heavy atom. The second kappa shape index (κ2) is 8.14. The SMILES string of the molecule is COCCn1ccc2c(C(=O)NC/C=C/C(=O)OC)cccc21. The number of rotatable bonds is 7. The van der Waals surface area contributed by atoms with Gasteiger partial charge in [0, 0.05) is 48.9 Å². The first-order valence-corrected chi connectivity index (χ1v) is 7.27. The van der Waals surface area contributed by atoms with Gasteiger partial charge in [-0.2, -0.15) is 0 Å². The number of ether oxygens (including phenoxy) is 2. The van der Waals surface area contributed by atoms with Crippen molar-refractivity contribution in [3.05, 3.63) is 48.2 Å². The predicted octanol–water partition coefficient (Wildman–Crippen LogP) is 1.75. The number of carbonyl (C=O) groups is 2. The van der Waals surface area contributed by atoms with E-state index in [9.17, 15) is 9.59 Å². The molecule has 122 valence electrons. The number of nitrogens with zero attached hydrogens (tertiary/aromatic N) is 1. The number of carbonyl (C=O) groups excluding carboxylic acids is 2. The van der Waals surface area contributed by atoms with Crippen molar-refractivity contribution in [2.45, 2.75) is 6.54 Å². The highest BCUT2D eigenvalue weighted by Gasteiger charge is 2.11. The van der Waals surface area contributed by atoms with Gasteiger partial charge < -0.3 is 19.4 Å². The van der Waals surface area contributed by atoms with Gasteiger partial charge in [-0.25, -0.2) is 4.79 Å². The van der Waals surface area contributed by atoms with E-state index in [0.29, 0.717) is 12.2 Å². The number of hydrogen-bond donors (Lipinski definition) is 1. The average molecular weight is 316 g/mol. The highest BCUT2D eigenvalue weighted by molar-refractivity contribution is 6.06. The summed E-state index contributed by atoms with van der Waals surface area (Å²) in [6, 6.07) is 7.52. The molecule has 0 radical (unpaired) electrons. The van der Waals surface area contributed by atoms with E-state index in [0.717, 1.165) is 17.4 Å². The molecule has 0 saturated heterocycles. The van der Waals surface area contributed by atoms with Crippen molar-refractivity contribution in [2.24, 2.45) is 0 Å². The van der Waals surface area contributed by atoms with Gasteiger partial charge in [0.25, 0.3) is 5.91 Å². The highest BCUT2D eigenvalue weighted by Crippen LogP contribution is 2.20. The minimum absolute atomic E-state index is 0.186. The zero-order chi connectivity index (χ0) is 16.7. The van der Waals surface area contributed by atoms with Gasteiger partial charge >= 0.3 is 5.97 Å². The first-order chi connectivity index (χ1) is 11.2. The summed E-state index contributed by atoms with van der Waals surface area (Å²) in [5.41, 5.74) is 1.59. The quantitative estimate of drug-likeness (QED) is 0.624. The summed E-state index contributed by atoms with van der Waals surface area (Å²) in [6.45, 7) is 1.60. The third-order valence-corrected chi connectivity index (χ3v) is 3.43. The Morgan fingerprint density at radius 2 is 2.09 bits per heavy atom. The van der Waals surface area contributed by atoms with Gasteiger partial charge in [0.2, 0.25) is 0 Å². The fourth-order valence-electron chi connectivity index (χ4n) is 2.28. The summed E-state index contributed by atoms with van der Waals surface area (Å²) in [5, 5.41) is 3.64. The summed E-state index contributed by atoms with van der Waals surface area (Å²) in [6.07, 6.45) is 4.77. The lowest BCUT2D eigenvalue weighted by Crippen LogP contribution is -2.23. The molecule has 0 aliphatic carbocycles. The van der Waals surface area contributed by atoms with E-state index in [-0.39, 0.29) is 12.5 Å². The molecule has 0 saturated carbocycles. The molecule has 6 nitrogen and oxygen atoms in total. The third-order valence-electron chi connectivity index (χ3n) is 3.43. The Bertz CT molecular complexity index is 718. The second-order valence-electron chi connectivity index (χ2n) is 4.88. The van der Waals surface area contributed by atoms with Crippen LogP contribution in [0.3, 0.4) is 0 Å². The maximum atomic E-state index is 12.3. The number of nitrogens with one attached hydrogen (secondary N) is 1. The zero-order valence-electron chi connectivity index (χ0n) is 13.2. The molecule has 23 heavy (non-hydrogen) atoms. The van der Waals surface area contributed by atoms with Crippen LogP contribution in [0.15, 0.2) is 42.6 Å². The highest BCUT2D eigenvalue weighted by atomic mass is 16.5. The Kier molecular flexibility index (Phi) is 5.94. The van der Waals surface area contributed by atoms with Crippen LogP contribution in [-0.4, -0.2) is 43.8 Å². The van der Waals surface area contributed by atoms with Crippen LogP contribution >= 0.6 is 0 Å².